The molecule has 0 amide bonds. The standard InChI is InChI=1S/C14H19NO/c15-12-6-9-14(10-7-12)8-5-11-3-1-2-4-13(11)16-14/h1-4,12H,5-10,15H2. The zero-order valence-corrected chi connectivity index (χ0v) is 9.61. The van der Waals surface area contributed by atoms with Gasteiger partial charge in [0.1, 0.15) is 11.4 Å². The van der Waals surface area contributed by atoms with Crippen molar-refractivity contribution in [1.29, 1.82) is 0 Å². The van der Waals surface area contributed by atoms with Gasteiger partial charge >= 0.3 is 0 Å². The lowest BCUT2D eigenvalue weighted by Gasteiger charge is -2.42. The quantitative estimate of drug-likeness (QED) is 0.725. The van der Waals surface area contributed by atoms with Crippen LogP contribution in [0.3, 0.4) is 0 Å². The van der Waals surface area contributed by atoms with Crippen LogP contribution < -0.4 is 10.5 Å². The molecule has 1 aromatic carbocycles. The number of rotatable bonds is 0. The van der Waals surface area contributed by atoms with Gasteiger partial charge in [0, 0.05) is 6.04 Å². The molecule has 2 nitrogen and oxygen atoms in total. The summed E-state index contributed by atoms with van der Waals surface area (Å²) < 4.78 is 6.25. The number of fused-ring (bicyclic) bond motifs is 1. The summed E-state index contributed by atoms with van der Waals surface area (Å²) in [4.78, 5) is 0. The smallest absolute Gasteiger partial charge is 0.123 e. The molecule has 2 N–H and O–H groups in total. The number of hydrogen-bond acceptors (Lipinski definition) is 2. The van der Waals surface area contributed by atoms with Crippen LogP contribution in [-0.4, -0.2) is 11.6 Å². The van der Waals surface area contributed by atoms with E-state index in [0.717, 1.165) is 44.3 Å². The Morgan fingerprint density at radius 3 is 2.69 bits per heavy atom. The van der Waals surface area contributed by atoms with Gasteiger partial charge < -0.3 is 10.5 Å². The summed E-state index contributed by atoms with van der Waals surface area (Å²) >= 11 is 0. The van der Waals surface area contributed by atoms with Gasteiger partial charge in [-0.05, 0) is 50.2 Å². The van der Waals surface area contributed by atoms with Crippen LogP contribution >= 0.6 is 0 Å². The Morgan fingerprint density at radius 2 is 1.88 bits per heavy atom. The molecule has 2 heteroatoms. The van der Waals surface area contributed by atoms with E-state index in [4.69, 9.17) is 10.5 Å². The van der Waals surface area contributed by atoms with Crippen LogP contribution in [0.1, 0.15) is 37.7 Å². The molecule has 1 aliphatic heterocycles. The number of nitrogens with two attached hydrogens (primary N) is 1. The molecule has 1 spiro atoms. The molecule has 0 bridgehead atoms. The fourth-order valence-electron chi connectivity index (χ4n) is 2.97. The molecular weight excluding hydrogens is 198 g/mol. The Hall–Kier alpha value is -1.02. The lowest BCUT2D eigenvalue weighted by atomic mass is 9.77. The van der Waals surface area contributed by atoms with E-state index in [1.54, 1.807) is 0 Å². The predicted octanol–water partition coefficient (Wildman–Crippen LogP) is 2.65. The Balaban J connectivity index is 1.82. The van der Waals surface area contributed by atoms with Crippen LogP contribution in [0.15, 0.2) is 24.3 Å². The number of ether oxygens (including phenoxy) is 1. The molecule has 86 valence electrons. The van der Waals surface area contributed by atoms with Crippen LogP contribution in [0.25, 0.3) is 0 Å². The fraction of sp³-hybridized carbons (Fsp3) is 0.571. The largest absolute Gasteiger partial charge is 0.487 e. The van der Waals surface area contributed by atoms with Gasteiger partial charge in [0.2, 0.25) is 0 Å². The third-order valence-corrected chi connectivity index (χ3v) is 4.09. The second kappa shape index (κ2) is 3.77. The second-order valence-electron chi connectivity index (χ2n) is 5.23. The Labute approximate surface area is 96.8 Å². The van der Waals surface area contributed by atoms with Crippen molar-refractivity contribution < 1.29 is 4.74 Å². The molecule has 1 heterocycles. The summed E-state index contributed by atoms with van der Waals surface area (Å²) in [5.41, 5.74) is 7.43. The molecule has 2 aliphatic rings. The van der Waals surface area contributed by atoms with Crippen molar-refractivity contribution >= 4 is 0 Å². The van der Waals surface area contributed by atoms with Gasteiger partial charge in [-0.2, -0.15) is 0 Å². The first-order chi connectivity index (χ1) is 7.77. The first-order valence-electron chi connectivity index (χ1n) is 6.30. The molecule has 0 aromatic heterocycles. The summed E-state index contributed by atoms with van der Waals surface area (Å²) in [5.74, 6) is 1.10. The van der Waals surface area contributed by atoms with E-state index in [0.29, 0.717) is 6.04 Å². The number of benzene rings is 1. The Morgan fingerprint density at radius 1 is 1.12 bits per heavy atom. The van der Waals surface area contributed by atoms with Gasteiger partial charge in [0.05, 0.1) is 0 Å². The third-order valence-electron chi connectivity index (χ3n) is 4.09. The molecule has 16 heavy (non-hydrogen) atoms. The van der Waals surface area contributed by atoms with Crippen molar-refractivity contribution in [2.75, 3.05) is 0 Å². The number of aryl methyl sites for hydroxylation is 1. The maximum atomic E-state index is 6.25. The van der Waals surface area contributed by atoms with Crippen LogP contribution in [0.5, 0.6) is 5.75 Å². The molecule has 1 fully saturated rings. The van der Waals surface area contributed by atoms with Crippen LogP contribution in [0.2, 0.25) is 0 Å². The van der Waals surface area contributed by atoms with Crippen molar-refractivity contribution in [3.63, 3.8) is 0 Å². The van der Waals surface area contributed by atoms with Crippen molar-refractivity contribution in [3.8, 4) is 5.75 Å². The summed E-state index contributed by atoms with van der Waals surface area (Å²) in [6.45, 7) is 0. The van der Waals surface area contributed by atoms with E-state index in [9.17, 15) is 0 Å². The van der Waals surface area contributed by atoms with Crippen molar-refractivity contribution in [2.24, 2.45) is 5.73 Å². The fourth-order valence-corrected chi connectivity index (χ4v) is 2.97. The minimum atomic E-state index is 0.101. The Kier molecular flexibility index (Phi) is 2.40. The minimum Gasteiger partial charge on any atom is -0.487 e. The van der Waals surface area contributed by atoms with Crippen molar-refractivity contribution in [1.82, 2.24) is 0 Å². The lowest BCUT2D eigenvalue weighted by molar-refractivity contribution is 0.00656. The molecule has 1 aliphatic carbocycles. The van der Waals surface area contributed by atoms with Crippen LogP contribution in [0, 0.1) is 0 Å². The summed E-state index contributed by atoms with van der Waals surface area (Å²) in [6, 6.07) is 8.83. The highest BCUT2D eigenvalue weighted by molar-refractivity contribution is 5.36. The lowest BCUT2D eigenvalue weighted by Crippen LogP contribution is -2.45. The van der Waals surface area contributed by atoms with Crippen molar-refractivity contribution in [2.45, 2.75) is 50.2 Å². The molecule has 0 radical (unpaired) electrons. The zero-order valence-electron chi connectivity index (χ0n) is 9.61. The molecular formula is C14H19NO. The zero-order chi connectivity index (χ0) is 11.0. The van der Waals surface area contributed by atoms with E-state index < -0.39 is 0 Å². The molecule has 1 aromatic rings. The van der Waals surface area contributed by atoms with E-state index in [2.05, 4.69) is 24.3 Å². The van der Waals surface area contributed by atoms with Crippen LogP contribution in [-0.2, 0) is 6.42 Å². The molecule has 1 saturated carbocycles. The average Bonchev–Trinajstić information content (AvgIpc) is 2.33. The molecule has 0 saturated heterocycles. The van der Waals surface area contributed by atoms with Gasteiger partial charge in [-0.1, -0.05) is 18.2 Å². The predicted molar refractivity (Wildman–Crippen MR) is 64.6 cm³/mol. The minimum absolute atomic E-state index is 0.101. The summed E-state index contributed by atoms with van der Waals surface area (Å²) in [6.07, 6.45) is 6.80. The Bertz CT molecular complexity index is 380. The number of para-hydroxylation sites is 1. The van der Waals surface area contributed by atoms with Gasteiger partial charge in [0.25, 0.3) is 0 Å². The second-order valence-corrected chi connectivity index (χ2v) is 5.23. The van der Waals surface area contributed by atoms with E-state index in [-0.39, 0.29) is 5.60 Å². The van der Waals surface area contributed by atoms with Gasteiger partial charge in [-0.3, -0.25) is 0 Å². The molecule has 0 atom stereocenters. The highest BCUT2D eigenvalue weighted by Gasteiger charge is 2.38. The van der Waals surface area contributed by atoms with Crippen LogP contribution in [0.4, 0.5) is 0 Å². The summed E-state index contributed by atoms with van der Waals surface area (Å²) in [5, 5.41) is 0. The van der Waals surface area contributed by atoms with Gasteiger partial charge in [-0.25, -0.2) is 0 Å². The SMILES string of the molecule is NC1CCC2(CCc3ccccc3O2)CC1. The van der Waals surface area contributed by atoms with E-state index in [1.165, 1.54) is 5.56 Å². The van der Waals surface area contributed by atoms with Crippen molar-refractivity contribution in [3.05, 3.63) is 29.8 Å². The monoisotopic (exact) mass is 217 g/mol. The van der Waals surface area contributed by atoms with E-state index in [1.807, 2.05) is 0 Å². The maximum absolute atomic E-state index is 6.25. The highest BCUT2D eigenvalue weighted by Crippen LogP contribution is 2.41. The first-order valence-corrected chi connectivity index (χ1v) is 6.30. The highest BCUT2D eigenvalue weighted by atomic mass is 16.5. The topological polar surface area (TPSA) is 35.2 Å². The maximum Gasteiger partial charge on any atom is 0.123 e. The normalized spacial score (nSPS) is 33.2. The third kappa shape index (κ3) is 1.71. The van der Waals surface area contributed by atoms with E-state index >= 15 is 0 Å². The van der Waals surface area contributed by atoms with Gasteiger partial charge in [0.15, 0.2) is 0 Å². The molecule has 0 unspecified atom stereocenters. The summed E-state index contributed by atoms with van der Waals surface area (Å²) in [7, 11) is 0. The molecule has 3 rings (SSSR count). The first kappa shape index (κ1) is 10.2. The van der Waals surface area contributed by atoms with Gasteiger partial charge in [-0.15, -0.1) is 0 Å². The number of hydrogen-bond donors (Lipinski definition) is 1. The average molecular weight is 217 g/mol.